The Hall–Kier alpha value is -3.63. The summed E-state index contributed by atoms with van der Waals surface area (Å²) in [5, 5.41) is 13.4. The van der Waals surface area contributed by atoms with Crippen molar-refractivity contribution in [1.29, 1.82) is 0 Å². The molecule has 5 rings (SSSR count). The Kier molecular flexibility index (Phi) is 4.95. The van der Waals surface area contributed by atoms with Crippen LogP contribution in [0.3, 0.4) is 0 Å². The third-order valence-corrected chi connectivity index (χ3v) is 7.30. The highest BCUT2D eigenvalue weighted by molar-refractivity contribution is 8.04. The molecular weight excluding hydrogens is 446 g/mol. The number of Topliss-reactive ketones (excluding diaryl/α,β-unsaturated/α-hetero) is 1. The molecule has 4 aromatic rings. The van der Waals surface area contributed by atoms with Crippen molar-refractivity contribution in [2.45, 2.75) is 10.1 Å². The lowest BCUT2D eigenvalue weighted by Crippen LogP contribution is -2.17. The first-order valence-corrected chi connectivity index (χ1v) is 11.8. The van der Waals surface area contributed by atoms with Crippen LogP contribution in [0, 0.1) is 0 Å². The van der Waals surface area contributed by atoms with Crippen LogP contribution in [-0.2, 0) is 17.1 Å². The van der Waals surface area contributed by atoms with E-state index in [2.05, 4.69) is 19.9 Å². The van der Waals surface area contributed by atoms with Gasteiger partial charge in [0.25, 0.3) is 10.0 Å². The lowest BCUT2D eigenvalue weighted by Gasteiger charge is -2.16. The maximum atomic E-state index is 13.2. The van der Waals surface area contributed by atoms with Gasteiger partial charge < -0.3 is 0 Å². The van der Waals surface area contributed by atoms with Gasteiger partial charge in [0, 0.05) is 18.2 Å². The Morgan fingerprint density at radius 3 is 2.41 bits per heavy atom. The summed E-state index contributed by atoms with van der Waals surface area (Å²) in [4.78, 5) is 13.4. The number of thioether (sulfide) groups is 1. The smallest absolute Gasteiger partial charge is 0.282 e. The second-order valence-electron chi connectivity index (χ2n) is 7.03. The number of carbonyl (C=O) groups excluding carboxylic acids is 1. The first-order valence-electron chi connectivity index (χ1n) is 9.52. The molecule has 0 N–H and O–H groups in total. The van der Waals surface area contributed by atoms with Gasteiger partial charge in [-0.15, -0.1) is 5.10 Å². The van der Waals surface area contributed by atoms with Crippen molar-refractivity contribution in [2.24, 2.45) is 11.4 Å². The molecule has 0 radical (unpaired) electrons. The van der Waals surface area contributed by atoms with Crippen molar-refractivity contribution < 1.29 is 13.2 Å². The van der Waals surface area contributed by atoms with Crippen LogP contribution in [0.15, 0.2) is 92.2 Å². The molecule has 0 spiro atoms. The molecule has 0 amide bonds. The Bertz CT molecular complexity index is 1550. The van der Waals surface area contributed by atoms with E-state index in [4.69, 9.17) is 0 Å². The summed E-state index contributed by atoms with van der Waals surface area (Å²) >= 11 is 1.06. The van der Waals surface area contributed by atoms with Crippen LogP contribution in [0.2, 0.25) is 0 Å². The first kappa shape index (κ1) is 20.3. The summed E-state index contributed by atoms with van der Waals surface area (Å²) in [5.74, 6) is -0.240. The monoisotopic (exact) mass is 461 g/mol. The Morgan fingerprint density at radius 1 is 0.938 bits per heavy atom. The molecule has 0 aliphatic heterocycles. The quantitative estimate of drug-likeness (QED) is 0.458. The number of ketones is 1. The van der Waals surface area contributed by atoms with Gasteiger partial charge in [-0.25, -0.2) is 4.68 Å². The Labute approximate surface area is 187 Å². The summed E-state index contributed by atoms with van der Waals surface area (Å²) < 4.78 is 31.9. The Balaban J connectivity index is 1.62. The zero-order chi connectivity index (χ0) is 22.3. The van der Waals surface area contributed by atoms with Gasteiger partial charge in [-0.2, -0.15) is 12.8 Å². The van der Waals surface area contributed by atoms with Crippen molar-refractivity contribution in [1.82, 2.24) is 20.2 Å². The van der Waals surface area contributed by atoms with Gasteiger partial charge in [0.05, 0.1) is 15.5 Å². The number of benzene rings is 3. The minimum absolute atomic E-state index is 0.0817. The van der Waals surface area contributed by atoms with E-state index in [0.717, 1.165) is 22.5 Å². The van der Waals surface area contributed by atoms with Gasteiger partial charge in [-0.3, -0.25) is 4.79 Å². The average molecular weight is 462 g/mol. The molecular formula is C22H15N5O3S2. The summed E-state index contributed by atoms with van der Waals surface area (Å²) in [6.45, 7) is 0. The van der Waals surface area contributed by atoms with Gasteiger partial charge in [-0.1, -0.05) is 54.6 Å². The van der Waals surface area contributed by atoms with Crippen LogP contribution in [0.25, 0.3) is 10.8 Å². The Morgan fingerprint density at radius 2 is 1.66 bits per heavy atom. The standard InChI is InChI=1S/C22H15N5O3S2/c1-27-22(23-25-26-27)31-20-13-19(17-8-4-5-9-18(17)21(20)28)24-32(29,30)16-11-10-14-6-2-3-7-15(14)12-16/h2-13H,1H3/b24-19+. The number of rotatable bonds is 4. The number of aromatic nitrogens is 4. The molecule has 0 saturated heterocycles. The number of allylic oxidation sites excluding steroid dienone is 2. The van der Waals surface area contributed by atoms with Crippen LogP contribution in [-0.4, -0.2) is 40.1 Å². The third-order valence-electron chi connectivity index (χ3n) is 4.96. The predicted octanol–water partition coefficient (Wildman–Crippen LogP) is 3.41. The number of hydrogen-bond acceptors (Lipinski definition) is 7. The van der Waals surface area contributed by atoms with Crippen molar-refractivity contribution in [3.05, 3.63) is 88.8 Å². The van der Waals surface area contributed by atoms with E-state index >= 15 is 0 Å². The number of hydrogen-bond donors (Lipinski definition) is 0. The number of fused-ring (bicyclic) bond motifs is 2. The largest absolute Gasteiger partial charge is 0.288 e. The normalized spacial score (nSPS) is 15.1. The van der Waals surface area contributed by atoms with Gasteiger partial charge >= 0.3 is 0 Å². The molecule has 0 saturated carbocycles. The summed E-state index contributed by atoms with van der Waals surface area (Å²) in [5.41, 5.74) is 1.02. The van der Waals surface area contributed by atoms with E-state index in [0.29, 0.717) is 16.3 Å². The maximum Gasteiger partial charge on any atom is 0.282 e. The van der Waals surface area contributed by atoms with Crippen LogP contribution in [0.5, 0.6) is 0 Å². The van der Waals surface area contributed by atoms with Crippen molar-refractivity contribution in [3.8, 4) is 0 Å². The lowest BCUT2D eigenvalue weighted by molar-refractivity contribution is 0.104. The molecule has 1 aromatic heterocycles. The predicted molar refractivity (Wildman–Crippen MR) is 121 cm³/mol. The zero-order valence-corrected chi connectivity index (χ0v) is 18.3. The average Bonchev–Trinajstić information content (AvgIpc) is 3.20. The molecule has 0 atom stereocenters. The fourth-order valence-electron chi connectivity index (χ4n) is 3.37. The van der Waals surface area contributed by atoms with Crippen molar-refractivity contribution >= 4 is 44.1 Å². The highest BCUT2D eigenvalue weighted by Crippen LogP contribution is 2.33. The van der Waals surface area contributed by atoms with E-state index in [1.807, 2.05) is 24.3 Å². The molecule has 10 heteroatoms. The number of sulfonamides is 1. The zero-order valence-electron chi connectivity index (χ0n) is 16.7. The van der Waals surface area contributed by atoms with Crippen molar-refractivity contribution in [2.75, 3.05) is 0 Å². The minimum Gasteiger partial charge on any atom is -0.288 e. The second kappa shape index (κ2) is 7.81. The molecule has 0 bridgehead atoms. The van der Waals surface area contributed by atoms with Crippen LogP contribution < -0.4 is 0 Å². The number of tetrazole rings is 1. The SMILES string of the molecule is Cn1nnnc1SC1=C/C(=N\S(=O)(=O)c2ccc3ccccc3c2)c2ccccc2C1=O. The van der Waals surface area contributed by atoms with Gasteiger partial charge in [0.1, 0.15) is 0 Å². The molecule has 0 unspecified atom stereocenters. The number of aryl methyl sites for hydroxylation is 1. The fraction of sp³-hybridized carbons (Fsp3) is 0.0455. The molecule has 8 nitrogen and oxygen atoms in total. The lowest BCUT2D eigenvalue weighted by atomic mass is 9.94. The molecule has 158 valence electrons. The summed E-state index contributed by atoms with van der Waals surface area (Å²) in [6.07, 6.45) is 1.47. The summed E-state index contributed by atoms with van der Waals surface area (Å²) in [7, 11) is -2.37. The van der Waals surface area contributed by atoms with E-state index in [-0.39, 0.29) is 21.3 Å². The molecule has 3 aromatic carbocycles. The van der Waals surface area contributed by atoms with Crippen LogP contribution in [0.4, 0.5) is 0 Å². The van der Waals surface area contributed by atoms with Gasteiger partial charge in [0.15, 0.2) is 0 Å². The molecule has 32 heavy (non-hydrogen) atoms. The minimum atomic E-state index is -4.03. The molecule has 1 heterocycles. The van der Waals surface area contributed by atoms with E-state index in [1.54, 1.807) is 43.4 Å². The summed E-state index contributed by atoms with van der Waals surface area (Å²) in [6, 6.07) is 19.2. The van der Waals surface area contributed by atoms with Gasteiger partial charge in [0.2, 0.25) is 10.9 Å². The van der Waals surface area contributed by atoms with E-state index < -0.39 is 10.0 Å². The number of nitrogens with zero attached hydrogens (tertiary/aromatic N) is 5. The van der Waals surface area contributed by atoms with E-state index in [1.165, 1.54) is 16.8 Å². The third kappa shape index (κ3) is 3.63. The first-order chi connectivity index (χ1) is 15.4. The van der Waals surface area contributed by atoms with Crippen LogP contribution >= 0.6 is 11.8 Å². The number of carbonyl (C=O) groups is 1. The highest BCUT2D eigenvalue weighted by Gasteiger charge is 2.27. The molecule has 1 aliphatic rings. The van der Waals surface area contributed by atoms with Crippen LogP contribution in [0.1, 0.15) is 15.9 Å². The maximum absolute atomic E-state index is 13.2. The molecule has 1 aliphatic carbocycles. The van der Waals surface area contributed by atoms with Gasteiger partial charge in [-0.05, 0) is 51.2 Å². The van der Waals surface area contributed by atoms with E-state index in [9.17, 15) is 13.2 Å². The second-order valence-corrected chi connectivity index (χ2v) is 9.64. The fourth-order valence-corrected chi connectivity index (χ4v) is 5.22. The topological polar surface area (TPSA) is 107 Å². The highest BCUT2D eigenvalue weighted by atomic mass is 32.2. The van der Waals surface area contributed by atoms with Crippen molar-refractivity contribution in [3.63, 3.8) is 0 Å². The molecule has 0 fully saturated rings.